The van der Waals surface area contributed by atoms with Crippen LogP contribution >= 0.6 is 0 Å². The highest BCUT2D eigenvalue weighted by Crippen LogP contribution is 2.31. The first kappa shape index (κ1) is 17.7. The maximum Gasteiger partial charge on any atom is 0.225 e. The lowest BCUT2D eigenvalue weighted by molar-refractivity contribution is -0.134. The molecule has 0 atom stereocenters. The van der Waals surface area contributed by atoms with Crippen molar-refractivity contribution in [1.29, 1.82) is 5.26 Å². The smallest absolute Gasteiger partial charge is 0.225 e. The minimum absolute atomic E-state index is 0.101. The summed E-state index contributed by atoms with van der Waals surface area (Å²) in [5, 5.41) is 9.81. The molecule has 140 valence electrons. The molecule has 0 radical (unpaired) electrons. The van der Waals surface area contributed by atoms with Crippen LogP contribution in [0, 0.1) is 17.2 Å². The van der Waals surface area contributed by atoms with Crippen LogP contribution < -0.4 is 0 Å². The Bertz CT molecular complexity index is 899. The standard InChI is InChI=1S/C21H24N4O2/c22-8-3-9-25-14-18(17-4-1-2-5-19(17)25)20(26)15-23-10-12-24(13-11-23)21(27)16-6-7-16/h1-2,4-5,14,16H,3,6-7,9-13,15H2. The zero-order valence-electron chi connectivity index (χ0n) is 15.4. The van der Waals surface area contributed by atoms with Crippen LogP contribution in [0.4, 0.5) is 0 Å². The van der Waals surface area contributed by atoms with E-state index >= 15 is 0 Å². The molecule has 2 heterocycles. The molecule has 6 heteroatoms. The van der Waals surface area contributed by atoms with Crippen molar-refractivity contribution < 1.29 is 9.59 Å². The Morgan fingerprint density at radius 3 is 2.56 bits per heavy atom. The fourth-order valence-corrected chi connectivity index (χ4v) is 3.83. The molecule has 27 heavy (non-hydrogen) atoms. The number of ketones is 1. The second-order valence-corrected chi connectivity index (χ2v) is 7.46. The van der Waals surface area contributed by atoms with Gasteiger partial charge in [-0.1, -0.05) is 18.2 Å². The highest BCUT2D eigenvalue weighted by molar-refractivity contribution is 6.09. The first-order valence-corrected chi connectivity index (χ1v) is 9.66. The summed E-state index contributed by atoms with van der Waals surface area (Å²) in [5.41, 5.74) is 1.72. The van der Waals surface area contributed by atoms with E-state index in [-0.39, 0.29) is 11.7 Å². The van der Waals surface area contributed by atoms with Crippen LogP contribution in [0.2, 0.25) is 0 Å². The number of para-hydroxylation sites is 1. The summed E-state index contributed by atoms with van der Waals surface area (Å²) in [6.07, 6.45) is 4.38. The van der Waals surface area contributed by atoms with Gasteiger partial charge in [-0.2, -0.15) is 5.26 Å². The molecule has 1 aromatic carbocycles. The Balaban J connectivity index is 1.43. The van der Waals surface area contributed by atoms with Crippen molar-refractivity contribution in [2.45, 2.75) is 25.8 Å². The maximum absolute atomic E-state index is 12.9. The molecule has 2 fully saturated rings. The number of amides is 1. The molecule has 1 saturated heterocycles. The molecule has 6 nitrogen and oxygen atoms in total. The zero-order valence-corrected chi connectivity index (χ0v) is 15.4. The van der Waals surface area contributed by atoms with E-state index in [4.69, 9.17) is 5.26 Å². The molecule has 1 amide bonds. The van der Waals surface area contributed by atoms with Crippen LogP contribution in [0.15, 0.2) is 30.5 Å². The molecule has 1 aromatic heterocycles. The van der Waals surface area contributed by atoms with Gasteiger partial charge < -0.3 is 9.47 Å². The summed E-state index contributed by atoms with van der Waals surface area (Å²) >= 11 is 0. The highest BCUT2D eigenvalue weighted by atomic mass is 16.2. The number of rotatable bonds is 6. The lowest BCUT2D eigenvalue weighted by atomic mass is 10.1. The van der Waals surface area contributed by atoms with Gasteiger partial charge in [0.15, 0.2) is 5.78 Å². The summed E-state index contributed by atoms with van der Waals surface area (Å²) < 4.78 is 2.00. The second kappa shape index (κ2) is 7.53. The van der Waals surface area contributed by atoms with Gasteiger partial charge in [-0.15, -0.1) is 0 Å². The van der Waals surface area contributed by atoms with Gasteiger partial charge in [0.25, 0.3) is 0 Å². The molecule has 0 unspecified atom stereocenters. The molecule has 1 saturated carbocycles. The normalized spacial score (nSPS) is 17.8. The number of hydrogen-bond acceptors (Lipinski definition) is 4. The third-order valence-corrected chi connectivity index (χ3v) is 5.53. The molecule has 1 aliphatic heterocycles. The van der Waals surface area contributed by atoms with E-state index in [9.17, 15) is 9.59 Å². The summed E-state index contributed by atoms with van der Waals surface area (Å²) in [6.45, 7) is 3.89. The van der Waals surface area contributed by atoms with E-state index in [1.54, 1.807) is 0 Å². The van der Waals surface area contributed by atoms with Crippen molar-refractivity contribution in [3.8, 4) is 6.07 Å². The maximum atomic E-state index is 12.9. The van der Waals surface area contributed by atoms with Crippen molar-refractivity contribution in [2.24, 2.45) is 5.92 Å². The summed E-state index contributed by atoms with van der Waals surface area (Å²) in [4.78, 5) is 29.2. The van der Waals surface area contributed by atoms with E-state index in [1.807, 2.05) is 39.9 Å². The van der Waals surface area contributed by atoms with Crippen molar-refractivity contribution in [1.82, 2.24) is 14.4 Å². The van der Waals surface area contributed by atoms with Crippen molar-refractivity contribution in [2.75, 3.05) is 32.7 Å². The second-order valence-electron chi connectivity index (χ2n) is 7.46. The third kappa shape index (κ3) is 3.74. The third-order valence-electron chi connectivity index (χ3n) is 5.53. The molecular weight excluding hydrogens is 340 g/mol. The van der Waals surface area contributed by atoms with E-state index in [0.29, 0.717) is 38.5 Å². The van der Waals surface area contributed by atoms with Crippen LogP contribution in [0.5, 0.6) is 0 Å². The highest BCUT2D eigenvalue weighted by Gasteiger charge is 2.34. The Labute approximate surface area is 159 Å². The number of nitrogens with zero attached hydrogens (tertiary/aromatic N) is 4. The van der Waals surface area contributed by atoms with Crippen LogP contribution in [0.25, 0.3) is 10.9 Å². The van der Waals surface area contributed by atoms with Gasteiger partial charge in [0, 0.05) is 61.3 Å². The molecule has 4 rings (SSSR count). The number of hydrogen-bond donors (Lipinski definition) is 0. The van der Waals surface area contributed by atoms with Crippen molar-refractivity contribution in [3.63, 3.8) is 0 Å². The Hall–Kier alpha value is -2.65. The SMILES string of the molecule is N#CCCn1cc(C(=O)CN2CCN(C(=O)C3CC3)CC2)c2ccccc21. The molecule has 2 aliphatic rings. The van der Waals surface area contributed by atoms with Gasteiger partial charge in [-0.05, 0) is 18.9 Å². The van der Waals surface area contributed by atoms with Gasteiger partial charge in [0.05, 0.1) is 19.0 Å². The molecule has 0 bridgehead atoms. The number of piperazine rings is 1. The predicted octanol–water partition coefficient (Wildman–Crippen LogP) is 2.29. The Morgan fingerprint density at radius 1 is 1.11 bits per heavy atom. The molecule has 2 aromatic rings. The van der Waals surface area contributed by atoms with Crippen LogP contribution in [0.3, 0.4) is 0 Å². The zero-order chi connectivity index (χ0) is 18.8. The number of fused-ring (bicyclic) bond motifs is 1. The number of nitriles is 1. The molecular formula is C21H24N4O2. The Kier molecular flexibility index (Phi) is 4.95. The van der Waals surface area contributed by atoms with E-state index in [0.717, 1.165) is 42.4 Å². The topological polar surface area (TPSA) is 69.3 Å². The summed E-state index contributed by atoms with van der Waals surface area (Å²) in [7, 11) is 0. The van der Waals surface area contributed by atoms with Crippen molar-refractivity contribution >= 4 is 22.6 Å². The average molecular weight is 364 g/mol. The minimum Gasteiger partial charge on any atom is -0.346 e. The molecule has 0 spiro atoms. The van der Waals surface area contributed by atoms with E-state index in [2.05, 4.69) is 11.0 Å². The van der Waals surface area contributed by atoms with Gasteiger partial charge in [-0.3, -0.25) is 14.5 Å². The number of carbonyl (C=O) groups excluding carboxylic acids is 2. The first-order valence-electron chi connectivity index (χ1n) is 9.66. The van der Waals surface area contributed by atoms with Crippen molar-refractivity contribution in [3.05, 3.63) is 36.0 Å². The number of aromatic nitrogens is 1. The fourth-order valence-electron chi connectivity index (χ4n) is 3.83. The minimum atomic E-state index is 0.101. The van der Waals surface area contributed by atoms with E-state index in [1.165, 1.54) is 0 Å². The van der Waals surface area contributed by atoms with Gasteiger partial charge in [0.2, 0.25) is 5.91 Å². The lowest BCUT2D eigenvalue weighted by Crippen LogP contribution is -2.50. The quantitative estimate of drug-likeness (QED) is 0.738. The average Bonchev–Trinajstić information content (AvgIpc) is 3.48. The summed E-state index contributed by atoms with van der Waals surface area (Å²) in [6, 6.07) is 10.0. The predicted molar refractivity (Wildman–Crippen MR) is 102 cm³/mol. The lowest BCUT2D eigenvalue weighted by Gasteiger charge is -2.34. The first-order chi connectivity index (χ1) is 13.2. The number of carbonyl (C=O) groups is 2. The van der Waals surface area contributed by atoms with Gasteiger partial charge in [-0.25, -0.2) is 0 Å². The number of benzene rings is 1. The van der Waals surface area contributed by atoms with E-state index < -0.39 is 0 Å². The number of Topliss-reactive ketones (excluding diaryl/α,β-unsaturated/α-hetero) is 1. The number of aryl methyl sites for hydroxylation is 1. The monoisotopic (exact) mass is 364 g/mol. The molecule has 1 aliphatic carbocycles. The Morgan fingerprint density at radius 2 is 1.85 bits per heavy atom. The largest absolute Gasteiger partial charge is 0.346 e. The van der Waals surface area contributed by atoms with Crippen LogP contribution in [-0.2, 0) is 11.3 Å². The summed E-state index contributed by atoms with van der Waals surface area (Å²) in [5.74, 6) is 0.656. The fraction of sp³-hybridized carbons (Fsp3) is 0.476. The van der Waals surface area contributed by atoms with Gasteiger partial charge in [0.1, 0.15) is 0 Å². The van der Waals surface area contributed by atoms with Crippen LogP contribution in [0.1, 0.15) is 29.6 Å². The van der Waals surface area contributed by atoms with Crippen LogP contribution in [-0.4, -0.2) is 58.8 Å². The molecule has 0 N–H and O–H groups in total. The van der Waals surface area contributed by atoms with Gasteiger partial charge >= 0.3 is 0 Å².